The Balaban J connectivity index is 3.09. The average molecular weight is 344 g/mol. The summed E-state index contributed by atoms with van der Waals surface area (Å²) >= 11 is 0. The van der Waals surface area contributed by atoms with Gasteiger partial charge in [-0.3, -0.25) is 0 Å². The third-order valence-electron chi connectivity index (χ3n) is 3.01. The highest BCUT2D eigenvalue weighted by Crippen LogP contribution is 2.21. The number of methoxy groups -OCH3 is 1. The number of hydrogen-bond donors (Lipinski definition) is 3. The molecule has 0 aliphatic carbocycles. The first kappa shape index (κ1) is 19.4. The van der Waals surface area contributed by atoms with E-state index in [1.54, 1.807) is 6.92 Å². The Kier molecular flexibility index (Phi) is 6.99. The Bertz CT molecular complexity index is 643. The summed E-state index contributed by atoms with van der Waals surface area (Å²) < 4.78 is 31.9. The van der Waals surface area contributed by atoms with E-state index in [1.165, 1.54) is 19.2 Å². The number of carbonyl (C=O) groups is 1. The second kappa shape index (κ2) is 8.28. The van der Waals surface area contributed by atoms with Crippen molar-refractivity contribution in [2.75, 3.05) is 25.6 Å². The minimum absolute atomic E-state index is 0.0760. The predicted octanol–water partition coefficient (Wildman–Crippen LogP) is 1.77. The summed E-state index contributed by atoms with van der Waals surface area (Å²) in [6.07, 6.45) is 0. The van der Waals surface area contributed by atoms with Gasteiger partial charge in [0.05, 0.1) is 17.1 Å². The van der Waals surface area contributed by atoms with E-state index in [1.807, 2.05) is 13.8 Å². The van der Waals surface area contributed by atoms with E-state index < -0.39 is 22.0 Å². The van der Waals surface area contributed by atoms with Gasteiger partial charge in [-0.25, -0.2) is 17.9 Å². The van der Waals surface area contributed by atoms with Crippen LogP contribution in [0.25, 0.3) is 0 Å². The molecule has 0 fully saturated rings. The van der Waals surface area contributed by atoms with Crippen LogP contribution in [0.3, 0.4) is 0 Å². The van der Waals surface area contributed by atoms with Crippen LogP contribution in [-0.2, 0) is 14.8 Å². The van der Waals surface area contributed by atoms with Crippen molar-refractivity contribution in [2.24, 2.45) is 5.92 Å². The maximum absolute atomic E-state index is 12.3. The summed E-state index contributed by atoms with van der Waals surface area (Å²) in [7, 11) is -2.33. The van der Waals surface area contributed by atoms with Gasteiger partial charge in [-0.1, -0.05) is 13.8 Å². The first-order chi connectivity index (χ1) is 10.7. The van der Waals surface area contributed by atoms with Crippen LogP contribution in [0.4, 0.5) is 5.69 Å². The van der Waals surface area contributed by atoms with Crippen LogP contribution in [0.2, 0.25) is 0 Å². The van der Waals surface area contributed by atoms with Gasteiger partial charge in [-0.05, 0) is 31.0 Å². The summed E-state index contributed by atoms with van der Waals surface area (Å²) in [4.78, 5) is 11.3. The van der Waals surface area contributed by atoms with Crippen molar-refractivity contribution in [3.05, 3.63) is 23.8 Å². The van der Waals surface area contributed by atoms with E-state index >= 15 is 0 Å². The van der Waals surface area contributed by atoms with Gasteiger partial charge in [0.15, 0.2) is 0 Å². The van der Waals surface area contributed by atoms with Crippen LogP contribution >= 0.6 is 0 Å². The minimum atomic E-state index is -3.81. The number of hydrogen-bond acceptors (Lipinski definition) is 5. The smallest absolute Gasteiger partial charge is 0.337 e. The van der Waals surface area contributed by atoms with Crippen LogP contribution < -0.4 is 10.0 Å². The molecular weight excluding hydrogens is 320 g/mol. The topological polar surface area (TPSA) is 105 Å². The van der Waals surface area contributed by atoms with Crippen molar-refractivity contribution in [2.45, 2.75) is 31.7 Å². The first-order valence-corrected chi connectivity index (χ1v) is 8.78. The maximum atomic E-state index is 12.3. The van der Waals surface area contributed by atoms with E-state index in [0.29, 0.717) is 18.2 Å². The van der Waals surface area contributed by atoms with Gasteiger partial charge >= 0.3 is 5.97 Å². The summed E-state index contributed by atoms with van der Waals surface area (Å²) in [5, 5.41) is 12.3. The summed E-state index contributed by atoms with van der Waals surface area (Å²) in [6, 6.07) is 3.60. The molecule has 1 atom stereocenters. The van der Waals surface area contributed by atoms with Crippen molar-refractivity contribution in [1.82, 2.24) is 4.72 Å². The second-order valence-corrected chi connectivity index (χ2v) is 7.48. The van der Waals surface area contributed by atoms with Gasteiger partial charge in [0, 0.05) is 25.4 Å². The Morgan fingerprint density at radius 2 is 1.96 bits per heavy atom. The lowest BCUT2D eigenvalue weighted by atomic mass is 10.1. The van der Waals surface area contributed by atoms with Crippen molar-refractivity contribution >= 4 is 21.7 Å². The molecule has 23 heavy (non-hydrogen) atoms. The Labute approximate surface area is 137 Å². The van der Waals surface area contributed by atoms with E-state index in [9.17, 15) is 18.3 Å². The van der Waals surface area contributed by atoms with E-state index in [4.69, 9.17) is 4.74 Å². The molecule has 7 nitrogen and oxygen atoms in total. The number of aromatic carboxylic acids is 1. The molecule has 8 heteroatoms. The number of benzene rings is 1. The van der Waals surface area contributed by atoms with Crippen LogP contribution in [0, 0.1) is 5.92 Å². The normalized spacial score (nSPS) is 13.1. The molecule has 0 amide bonds. The zero-order valence-corrected chi connectivity index (χ0v) is 14.6. The molecule has 1 unspecified atom stereocenters. The van der Waals surface area contributed by atoms with Crippen LogP contribution in [0.5, 0.6) is 0 Å². The largest absolute Gasteiger partial charge is 0.478 e. The highest BCUT2D eigenvalue weighted by molar-refractivity contribution is 7.89. The van der Waals surface area contributed by atoms with Crippen LogP contribution in [0.1, 0.15) is 31.1 Å². The first-order valence-electron chi connectivity index (χ1n) is 7.30. The van der Waals surface area contributed by atoms with Gasteiger partial charge in [-0.15, -0.1) is 0 Å². The van der Waals surface area contributed by atoms with Crippen molar-refractivity contribution < 1.29 is 23.1 Å². The van der Waals surface area contributed by atoms with Gasteiger partial charge in [0.25, 0.3) is 0 Å². The molecule has 0 spiro atoms. The molecule has 1 aromatic rings. The highest BCUT2D eigenvalue weighted by atomic mass is 32.2. The monoisotopic (exact) mass is 344 g/mol. The third kappa shape index (κ3) is 5.81. The van der Waals surface area contributed by atoms with Gasteiger partial charge in [0.1, 0.15) is 0 Å². The fraction of sp³-hybridized carbons (Fsp3) is 0.533. The molecule has 0 saturated heterocycles. The van der Waals surface area contributed by atoms with E-state index in [2.05, 4.69) is 10.0 Å². The summed E-state index contributed by atoms with van der Waals surface area (Å²) in [5.74, 6) is -0.852. The molecular formula is C15H24N2O5S. The van der Waals surface area contributed by atoms with E-state index in [-0.39, 0.29) is 17.1 Å². The fourth-order valence-corrected chi connectivity index (χ4v) is 3.21. The summed E-state index contributed by atoms with van der Waals surface area (Å²) in [6.45, 7) is 6.47. The maximum Gasteiger partial charge on any atom is 0.337 e. The zero-order chi connectivity index (χ0) is 17.6. The molecule has 1 rings (SSSR count). The molecule has 0 bridgehead atoms. The quantitative estimate of drug-likeness (QED) is 0.630. The SMILES string of the molecule is COCC(C)NS(=O)(=O)c1ccc(NCC(C)C)c(C(=O)O)c1. The minimum Gasteiger partial charge on any atom is -0.478 e. The molecule has 0 aliphatic heterocycles. The molecule has 0 radical (unpaired) electrons. The number of rotatable bonds is 9. The number of anilines is 1. The predicted molar refractivity (Wildman–Crippen MR) is 88.4 cm³/mol. The van der Waals surface area contributed by atoms with Gasteiger partial charge in [0.2, 0.25) is 10.0 Å². The molecule has 0 aromatic heterocycles. The molecule has 0 saturated carbocycles. The molecule has 130 valence electrons. The van der Waals surface area contributed by atoms with Gasteiger partial charge < -0.3 is 15.2 Å². The van der Waals surface area contributed by atoms with E-state index in [0.717, 1.165) is 6.07 Å². The third-order valence-corrected chi connectivity index (χ3v) is 4.59. The lowest BCUT2D eigenvalue weighted by Crippen LogP contribution is -2.35. The number of nitrogens with one attached hydrogen (secondary N) is 2. The van der Waals surface area contributed by atoms with Crippen molar-refractivity contribution in [3.63, 3.8) is 0 Å². The number of ether oxygens (including phenoxy) is 1. The Hall–Kier alpha value is -1.64. The highest BCUT2D eigenvalue weighted by Gasteiger charge is 2.21. The summed E-state index contributed by atoms with van der Waals surface area (Å²) in [5.41, 5.74) is 0.322. The second-order valence-electron chi connectivity index (χ2n) is 5.76. The lowest BCUT2D eigenvalue weighted by Gasteiger charge is -2.15. The molecule has 0 aliphatic rings. The zero-order valence-electron chi connectivity index (χ0n) is 13.8. The Morgan fingerprint density at radius 3 is 2.48 bits per heavy atom. The number of carboxylic acid groups (broad SMARTS) is 1. The standard InChI is InChI=1S/C15H24N2O5S/c1-10(2)8-16-14-6-5-12(7-13(14)15(18)19)23(20,21)17-11(3)9-22-4/h5-7,10-11,16-17H,8-9H2,1-4H3,(H,18,19). The van der Waals surface area contributed by atoms with Crippen molar-refractivity contribution in [1.29, 1.82) is 0 Å². The molecule has 0 heterocycles. The average Bonchev–Trinajstić information content (AvgIpc) is 2.44. The fourth-order valence-electron chi connectivity index (χ4n) is 1.95. The number of sulfonamides is 1. The van der Waals surface area contributed by atoms with Gasteiger partial charge in [-0.2, -0.15) is 0 Å². The van der Waals surface area contributed by atoms with Crippen molar-refractivity contribution in [3.8, 4) is 0 Å². The lowest BCUT2D eigenvalue weighted by molar-refractivity contribution is 0.0697. The molecule has 3 N–H and O–H groups in total. The molecule has 1 aromatic carbocycles. The van der Waals surface area contributed by atoms with Crippen LogP contribution in [0.15, 0.2) is 23.1 Å². The van der Waals surface area contributed by atoms with Crippen LogP contribution in [-0.4, -0.2) is 45.8 Å². The Morgan fingerprint density at radius 1 is 1.30 bits per heavy atom. The number of carboxylic acids is 1.